The van der Waals surface area contributed by atoms with Gasteiger partial charge in [-0.2, -0.15) is 0 Å². The lowest BCUT2D eigenvalue weighted by atomic mass is 9.73. The Labute approximate surface area is 70.7 Å². The first-order valence-corrected chi connectivity index (χ1v) is 4.66. The molecule has 1 aliphatic rings. The van der Waals surface area contributed by atoms with Gasteiger partial charge < -0.3 is 0 Å². The minimum absolute atomic E-state index is 0.511. The summed E-state index contributed by atoms with van der Waals surface area (Å²) in [7, 11) is 0. The van der Waals surface area contributed by atoms with Crippen molar-refractivity contribution in [2.24, 2.45) is 11.3 Å². The quantitative estimate of drug-likeness (QED) is 0.463. The smallest absolute Gasteiger partial charge is 0.0315 e. The third-order valence-electron chi connectivity index (χ3n) is 2.86. The zero-order valence-electron chi connectivity index (χ0n) is 8.28. The molecule has 11 heavy (non-hydrogen) atoms. The number of rotatable bonds is 0. The molecule has 0 aromatic rings. The van der Waals surface area contributed by atoms with E-state index >= 15 is 0 Å². The molecule has 0 spiro atoms. The third-order valence-corrected chi connectivity index (χ3v) is 2.86. The van der Waals surface area contributed by atoms with Crippen LogP contribution in [0.4, 0.5) is 0 Å². The van der Waals surface area contributed by atoms with Crippen molar-refractivity contribution in [2.75, 3.05) is 0 Å². The molecule has 0 aliphatic heterocycles. The summed E-state index contributed by atoms with van der Waals surface area (Å²) in [5.41, 5.74) is 2.10. The van der Waals surface area contributed by atoms with Crippen LogP contribution in [0, 0.1) is 11.3 Å². The lowest BCUT2D eigenvalue weighted by Gasteiger charge is -2.32. The van der Waals surface area contributed by atoms with Gasteiger partial charge in [0.1, 0.15) is 0 Å². The molecule has 0 radical (unpaired) electrons. The van der Waals surface area contributed by atoms with Gasteiger partial charge in [-0.05, 0) is 37.5 Å². The van der Waals surface area contributed by atoms with Crippen LogP contribution in [0.2, 0.25) is 0 Å². The van der Waals surface area contributed by atoms with E-state index in [0.29, 0.717) is 5.41 Å². The second kappa shape index (κ2) is 3.00. The van der Waals surface area contributed by atoms with Crippen LogP contribution in [0.15, 0.2) is 11.6 Å². The second-order valence-corrected chi connectivity index (χ2v) is 4.89. The lowest BCUT2D eigenvalue weighted by molar-refractivity contribution is 0.221. The van der Waals surface area contributed by atoms with Gasteiger partial charge in [0.15, 0.2) is 0 Å². The first-order chi connectivity index (χ1) is 5.00. The summed E-state index contributed by atoms with van der Waals surface area (Å²) in [6.07, 6.45) is 6.43. The average Bonchev–Trinajstić information content (AvgIpc) is 1.86. The number of hydrogen-bond donors (Lipinski definition) is 0. The van der Waals surface area contributed by atoms with Crippen LogP contribution in [0.3, 0.4) is 0 Å². The highest BCUT2D eigenvalue weighted by Gasteiger charge is 2.24. The molecule has 0 unspecified atom stereocenters. The maximum absolute atomic E-state index is 2.42. The molecule has 1 rings (SSSR count). The molecule has 0 N–H and O–H groups in total. The van der Waals surface area contributed by atoms with Crippen molar-refractivity contribution in [1.29, 1.82) is 0 Å². The van der Waals surface area contributed by atoms with Crippen molar-refractivity contribution >= 4 is 0 Å². The van der Waals surface area contributed by atoms with Gasteiger partial charge in [0, 0.05) is 0 Å². The maximum atomic E-state index is 2.42. The van der Waals surface area contributed by atoms with Crippen LogP contribution in [0.25, 0.3) is 0 Å². The maximum Gasteiger partial charge on any atom is -0.0315 e. The summed E-state index contributed by atoms with van der Waals surface area (Å²) in [5.74, 6) is 0.909. The van der Waals surface area contributed by atoms with Crippen LogP contribution < -0.4 is 0 Å². The van der Waals surface area contributed by atoms with Crippen molar-refractivity contribution in [1.82, 2.24) is 0 Å². The Bertz CT molecular complexity index is 157. The molecule has 0 bridgehead atoms. The second-order valence-electron chi connectivity index (χ2n) is 4.89. The van der Waals surface area contributed by atoms with Crippen molar-refractivity contribution in [3.63, 3.8) is 0 Å². The summed E-state index contributed by atoms with van der Waals surface area (Å²) in [4.78, 5) is 0. The summed E-state index contributed by atoms with van der Waals surface area (Å²) < 4.78 is 0. The largest absolute Gasteiger partial charge is 0.0853 e. The molecule has 1 atom stereocenters. The van der Waals surface area contributed by atoms with Crippen LogP contribution in [0.1, 0.15) is 47.0 Å². The van der Waals surface area contributed by atoms with Crippen molar-refractivity contribution in [3.05, 3.63) is 11.6 Å². The highest BCUT2D eigenvalue weighted by molar-refractivity contribution is 5.04. The van der Waals surface area contributed by atoms with Crippen molar-refractivity contribution in [3.8, 4) is 0 Å². The molecule has 64 valence electrons. The highest BCUT2D eigenvalue weighted by atomic mass is 14.3. The van der Waals surface area contributed by atoms with E-state index in [0.717, 1.165) is 5.92 Å². The van der Waals surface area contributed by atoms with Crippen LogP contribution in [-0.2, 0) is 0 Å². The van der Waals surface area contributed by atoms with Gasteiger partial charge in [0.05, 0.1) is 0 Å². The standard InChI is InChI=1S/C11H20/c1-9-5-7-10(8-6-9)11(2,3)4/h5,10H,6-8H2,1-4H3/t10-/m0/s1. The number of hydrogen-bond acceptors (Lipinski definition) is 0. The van der Waals surface area contributed by atoms with Crippen LogP contribution in [-0.4, -0.2) is 0 Å². The van der Waals surface area contributed by atoms with E-state index in [1.165, 1.54) is 19.3 Å². The SMILES string of the molecule is CC1=CC[C@H](C(C)(C)C)CC1. The fraction of sp³-hybridized carbons (Fsp3) is 0.818. The van der Waals surface area contributed by atoms with Gasteiger partial charge in [-0.15, -0.1) is 0 Å². The first-order valence-electron chi connectivity index (χ1n) is 4.66. The Morgan fingerprint density at radius 2 is 2.00 bits per heavy atom. The van der Waals surface area contributed by atoms with E-state index in [9.17, 15) is 0 Å². The van der Waals surface area contributed by atoms with E-state index < -0.39 is 0 Å². The van der Waals surface area contributed by atoms with E-state index in [4.69, 9.17) is 0 Å². The molecule has 1 aliphatic carbocycles. The highest BCUT2D eigenvalue weighted by Crippen LogP contribution is 2.36. The van der Waals surface area contributed by atoms with E-state index in [-0.39, 0.29) is 0 Å². The molecule has 0 heteroatoms. The van der Waals surface area contributed by atoms with Crippen LogP contribution >= 0.6 is 0 Å². The predicted molar refractivity (Wildman–Crippen MR) is 50.6 cm³/mol. The van der Waals surface area contributed by atoms with Gasteiger partial charge in [-0.25, -0.2) is 0 Å². The molecule has 0 amide bonds. The minimum Gasteiger partial charge on any atom is -0.0853 e. The fourth-order valence-corrected chi connectivity index (χ4v) is 1.75. The zero-order chi connectivity index (χ0) is 8.48. The molecular formula is C11H20. The molecule has 0 heterocycles. The Morgan fingerprint density at radius 1 is 1.36 bits per heavy atom. The fourth-order valence-electron chi connectivity index (χ4n) is 1.75. The van der Waals surface area contributed by atoms with Gasteiger partial charge in [0.2, 0.25) is 0 Å². The summed E-state index contributed by atoms with van der Waals surface area (Å²) >= 11 is 0. The molecule has 0 nitrogen and oxygen atoms in total. The average molecular weight is 152 g/mol. The molecule has 0 saturated carbocycles. The predicted octanol–water partition coefficient (Wildman–Crippen LogP) is 3.78. The molecular weight excluding hydrogens is 132 g/mol. The van der Waals surface area contributed by atoms with Gasteiger partial charge in [-0.1, -0.05) is 32.4 Å². The minimum atomic E-state index is 0.511. The molecule has 0 saturated heterocycles. The summed E-state index contributed by atoms with van der Waals surface area (Å²) in [6, 6.07) is 0. The van der Waals surface area contributed by atoms with E-state index in [1.807, 2.05) is 0 Å². The first kappa shape index (κ1) is 8.83. The van der Waals surface area contributed by atoms with Crippen LogP contribution in [0.5, 0.6) is 0 Å². The van der Waals surface area contributed by atoms with Gasteiger partial charge >= 0.3 is 0 Å². The topological polar surface area (TPSA) is 0 Å². The van der Waals surface area contributed by atoms with Gasteiger partial charge in [0.25, 0.3) is 0 Å². The molecule has 0 aromatic heterocycles. The summed E-state index contributed by atoms with van der Waals surface area (Å²) in [5, 5.41) is 0. The van der Waals surface area contributed by atoms with E-state index in [1.54, 1.807) is 5.57 Å². The Morgan fingerprint density at radius 3 is 2.36 bits per heavy atom. The monoisotopic (exact) mass is 152 g/mol. The van der Waals surface area contributed by atoms with Crippen molar-refractivity contribution in [2.45, 2.75) is 47.0 Å². The lowest BCUT2D eigenvalue weighted by Crippen LogP contribution is -2.21. The zero-order valence-corrected chi connectivity index (χ0v) is 8.28. The summed E-state index contributed by atoms with van der Waals surface area (Å²) in [6.45, 7) is 9.31. The van der Waals surface area contributed by atoms with Gasteiger partial charge in [-0.3, -0.25) is 0 Å². The Kier molecular flexibility index (Phi) is 2.41. The normalized spacial score (nSPS) is 26.5. The molecule has 0 aromatic carbocycles. The van der Waals surface area contributed by atoms with E-state index in [2.05, 4.69) is 33.8 Å². The Balaban J connectivity index is 2.54. The third kappa shape index (κ3) is 2.36. The Hall–Kier alpha value is -0.260. The van der Waals surface area contributed by atoms with Crippen molar-refractivity contribution < 1.29 is 0 Å². The number of allylic oxidation sites excluding steroid dienone is 2. The molecule has 0 fully saturated rings.